The molecule has 0 aromatic carbocycles. The van der Waals surface area contributed by atoms with Gasteiger partial charge in [0.1, 0.15) is 6.04 Å². The van der Waals surface area contributed by atoms with E-state index in [0.29, 0.717) is 12.5 Å². The Morgan fingerprint density at radius 2 is 2.36 bits per heavy atom. The Balaban J connectivity index is 2.09. The van der Waals surface area contributed by atoms with Crippen LogP contribution < -0.4 is 5.73 Å². The largest absolute Gasteiger partial charge is 0.383 e. The molecule has 1 aromatic rings. The lowest BCUT2D eigenvalue weighted by Gasteiger charge is -2.03. The Morgan fingerprint density at radius 1 is 1.64 bits per heavy atom. The van der Waals surface area contributed by atoms with E-state index in [2.05, 4.69) is 17.1 Å². The van der Waals surface area contributed by atoms with Gasteiger partial charge in [-0.15, -0.1) is 0 Å². The van der Waals surface area contributed by atoms with Crippen molar-refractivity contribution in [1.29, 1.82) is 0 Å². The molecule has 0 radical (unpaired) electrons. The highest BCUT2D eigenvalue weighted by molar-refractivity contribution is 5.14. The molecular weight excluding hydrogens is 182 g/mol. The Labute approximate surface area is 82.6 Å². The van der Waals surface area contributed by atoms with Crippen LogP contribution in [0.25, 0.3) is 0 Å². The summed E-state index contributed by atoms with van der Waals surface area (Å²) in [4.78, 5) is 4.28. The van der Waals surface area contributed by atoms with Crippen molar-refractivity contribution in [1.82, 2.24) is 10.1 Å². The molecule has 0 bridgehead atoms. The SMILES string of the molecule is COCC(N)c1nc(C2(C)CC2)no1. The van der Waals surface area contributed by atoms with Gasteiger partial charge in [0.05, 0.1) is 6.61 Å². The van der Waals surface area contributed by atoms with Crippen LogP contribution in [0.3, 0.4) is 0 Å². The Bertz CT molecular complexity index is 320. The number of nitrogens with two attached hydrogens (primary N) is 1. The molecule has 2 N–H and O–H groups in total. The van der Waals surface area contributed by atoms with E-state index in [9.17, 15) is 0 Å². The molecular formula is C9H15N3O2. The van der Waals surface area contributed by atoms with Crippen LogP contribution in [0.4, 0.5) is 0 Å². The van der Waals surface area contributed by atoms with E-state index in [1.807, 2.05) is 0 Å². The van der Waals surface area contributed by atoms with Gasteiger partial charge < -0.3 is 15.0 Å². The number of ether oxygens (including phenoxy) is 1. The lowest BCUT2D eigenvalue weighted by molar-refractivity contribution is 0.166. The highest BCUT2D eigenvalue weighted by atomic mass is 16.5. The van der Waals surface area contributed by atoms with Crippen LogP contribution >= 0.6 is 0 Å². The predicted molar refractivity (Wildman–Crippen MR) is 49.7 cm³/mol. The van der Waals surface area contributed by atoms with Crippen molar-refractivity contribution in [2.24, 2.45) is 5.73 Å². The van der Waals surface area contributed by atoms with E-state index in [1.165, 1.54) is 0 Å². The molecule has 14 heavy (non-hydrogen) atoms. The van der Waals surface area contributed by atoms with Crippen molar-refractivity contribution in [3.05, 3.63) is 11.7 Å². The molecule has 1 fully saturated rings. The molecule has 1 saturated carbocycles. The zero-order valence-electron chi connectivity index (χ0n) is 8.49. The van der Waals surface area contributed by atoms with Crippen LogP contribution in [-0.4, -0.2) is 23.9 Å². The van der Waals surface area contributed by atoms with E-state index in [1.54, 1.807) is 7.11 Å². The van der Waals surface area contributed by atoms with Crippen molar-refractivity contribution >= 4 is 0 Å². The summed E-state index contributed by atoms with van der Waals surface area (Å²) >= 11 is 0. The Kier molecular flexibility index (Phi) is 2.28. The summed E-state index contributed by atoms with van der Waals surface area (Å²) < 4.78 is 10.00. The van der Waals surface area contributed by atoms with Gasteiger partial charge in [-0.3, -0.25) is 0 Å². The molecule has 0 spiro atoms. The van der Waals surface area contributed by atoms with Gasteiger partial charge in [0, 0.05) is 12.5 Å². The maximum Gasteiger partial charge on any atom is 0.245 e. The normalized spacial score (nSPS) is 20.8. The Morgan fingerprint density at radius 3 is 2.93 bits per heavy atom. The van der Waals surface area contributed by atoms with Gasteiger partial charge in [-0.2, -0.15) is 4.98 Å². The fourth-order valence-electron chi connectivity index (χ4n) is 1.29. The zero-order chi connectivity index (χ0) is 10.2. The summed E-state index contributed by atoms with van der Waals surface area (Å²) in [5, 5.41) is 3.93. The first-order valence-corrected chi connectivity index (χ1v) is 4.74. The van der Waals surface area contributed by atoms with Gasteiger partial charge in [0.2, 0.25) is 5.89 Å². The van der Waals surface area contributed by atoms with Gasteiger partial charge in [-0.05, 0) is 12.8 Å². The molecule has 5 nitrogen and oxygen atoms in total. The fraction of sp³-hybridized carbons (Fsp3) is 0.778. The number of rotatable bonds is 4. The molecule has 1 aromatic heterocycles. The van der Waals surface area contributed by atoms with Crippen LogP contribution in [0.1, 0.15) is 37.5 Å². The first kappa shape index (κ1) is 9.61. The lowest BCUT2D eigenvalue weighted by Crippen LogP contribution is -2.16. The topological polar surface area (TPSA) is 74.2 Å². The fourth-order valence-corrected chi connectivity index (χ4v) is 1.29. The third-order valence-electron chi connectivity index (χ3n) is 2.64. The smallest absolute Gasteiger partial charge is 0.245 e. The van der Waals surface area contributed by atoms with E-state index in [0.717, 1.165) is 18.7 Å². The molecule has 1 heterocycles. The molecule has 1 atom stereocenters. The molecule has 5 heteroatoms. The summed E-state index contributed by atoms with van der Waals surface area (Å²) in [7, 11) is 1.60. The van der Waals surface area contributed by atoms with Crippen LogP contribution in [0, 0.1) is 0 Å². The predicted octanol–water partition coefficient (Wildman–Crippen LogP) is 0.767. The van der Waals surface area contributed by atoms with Crippen molar-refractivity contribution < 1.29 is 9.26 Å². The first-order valence-electron chi connectivity index (χ1n) is 4.74. The molecule has 2 rings (SSSR count). The molecule has 0 saturated heterocycles. The molecule has 1 aliphatic rings. The standard InChI is InChI=1S/C9H15N3O2/c1-9(3-4-9)8-11-7(14-12-8)6(10)5-13-2/h6H,3-5,10H2,1-2H3. The summed E-state index contributed by atoms with van der Waals surface area (Å²) in [5.41, 5.74) is 5.89. The highest BCUT2D eigenvalue weighted by Gasteiger charge is 2.43. The molecule has 0 amide bonds. The first-order chi connectivity index (χ1) is 6.65. The van der Waals surface area contributed by atoms with Gasteiger partial charge in [0.25, 0.3) is 0 Å². The molecule has 78 valence electrons. The third kappa shape index (κ3) is 1.65. The van der Waals surface area contributed by atoms with E-state index in [4.69, 9.17) is 15.0 Å². The number of nitrogens with zero attached hydrogens (tertiary/aromatic N) is 2. The maximum atomic E-state index is 5.76. The maximum absolute atomic E-state index is 5.76. The van der Waals surface area contributed by atoms with Crippen LogP contribution in [0.15, 0.2) is 4.52 Å². The van der Waals surface area contributed by atoms with Gasteiger partial charge in [0.15, 0.2) is 5.82 Å². The summed E-state index contributed by atoms with van der Waals surface area (Å²) in [5.74, 6) is 1.24. The number of hydrogen-bond acceptors (Lipinski definition) is 5. The minimum absolute atomic E-state index is 0.133. The second-order valence-electron chi connectivity index (χ2n) is 4.08. The van der Waals surface area contributed by atoms with Crippen molar-refractivity contribution in [2.75, 3.05) is 13.7 Å². The molecule has 0 aliphatic heterocycles. The van der Waals surface area contributed by atoms with Crippen molar-refractivity contribution in [3.8, 4) is 0 Å². The monoisotopic (exact) mass is 197 g/mol. The number of aromatic nitrogens is 2. The van der Waals surface area contributed by atoms with E-state index >= 15 is 0 Å². The quantitative estimate of drug-likeness (QED) is 0.771. The zero-order valence-corrected chi connectivity index (χ0v) is 8.49. The van der Waals surface area contributed by atoms with Crippen LogP contribution in [0.2, 0.25) is 0 Å². The van der Waals surface area contributed by atoms with Crippen LogP contribution in [0.5, 0.6) is 0 Å². The summed E-state index contributed by atoms with van der Waals surface area (Å²) in [6.07, 6.45) is 2.26. The lowest BCUT2D eigenvalue weighted by atomic mass is 10.1. The average molecular weight is 197 g/mol. The number of hydrogen-bond donors (Lipinski definition) is 1. The number of methoxy groups -OCH3 is 1. The molecule has 1 unspecified atom stereocenters. The van der Waals surface area contributed by atoms with Gasteiger partial charge in [-0.1, -0.05) is 12.1 Å². The van der Waals surface area contributed by atoms with E-state index in [-0.39, 0.29) is 11.5 Å². The molecule has 1 aliphatic carbocycles. The summed E-state index contributed by atoms with van der Waals surface area (Å²) in [6.45, 7) is 2.53. The van der Waals surface area contributed by atoms with Gasteiger partial charge >= 0.3 is 0 Å². The summed E-state index contributed by atoms with van der Waals surface area (Å²) in [6, 6.07) is -0.316. The highest BCUT2D eigenvalue weighted by Crippen LogP contribution is 2.46. The van der Waals surface area contributed by atoms with Gasteiger partial charge in [-0.25, -0.2) is 0 Å². The third-order valence-corrected chi connectivity index (χ3v) is 2.64. The minimum atomic E-state index is -0.316. The van der Waals surface area contributed by atoms with Crippen molar-refractivity contribution in [2.45, 2.75) is 31.2 Å². The average Bonchev–Trinajstić information content (AvgIpc) is 2.72. The second-order valence-corrected chi connectivity index (χ2v) is 4.08. The minimum Gasteiger partial charge on any atom is -0.383 e. The second kappa shape index (κ2) is 3.33. The van der Waals surface area contributed by atoms with E-state index < -0.39 is 0 Å². The van der Waals surface area contributed by atoms with Crippen LogP contribution in [-0.2, 0) is 10.2 Å². The van der Waals surface area contributed by atoms with Crippen molar-refractivity contribution in [3.63, 3.8) is 0 Å². The Hall–Kier alpha value is -0.940.